The molecular formula is C25H21F3N4O4. The zero-order chi connectivity index (χ0) is 25.7. The van der Waals surface area contributed by atoms with Crippen LogP contribution in [0.3, 0.4) is 0 Å². The first-order valence-electron chi connectivity index (χ1n) is 11.1. The number of hydrogen-bond donors (Lipinski definition) is 1. The maximum atomic E-state index is 12.7. The fourth-order valence-electron chi connectivity index (χ4n) is 4.19. The number of nitrogens with one attached hydrogen (secondary N) is 1. The van der Waals surface area contributed by atoms with Gasteiger partial charge in [0, 0.05) is 19.2 Å². The Hall–Kier alpha value is -4.15. The van der Waals surface area contributed by atoms with Crippen LogP contribution in [0.2, 0.25) is 0 Å². The first-order chi connectivity index (χ1) is 17.1. The maximum absolute atomic E-state index is 12.7. The van der Waals surface area contributed by atoms with E-state index >= 15 is 0 Å². The molecule has 0 spiro atoms. The van der Waals surface area contributed by atoms with E-state index in [4.69, 9.17) is 4.74 Å². The molecule has 0 aliphatic heterocycles. The Morgan fingerprint density at radius 1 is 1.06 bits per heavy atom. The predicted molar refractivity (Wildman–Crippen MR) is 126 cm³/mol. The Labute approximate surface area is 203 Å². The molecule has 1 aliphatic carbocycles. The number of anilines is 2. The van der Waals surface area contributed by atoms with Gasteiger partial charge in [-0.25, -0.2) is 0 Å². The molecule has 0 unspecified atom stereocenters. The third-order valence-corrected chi connectivity index (χ3v) is 6.32. The van der Waals surface area contributed by atoms with E-state index < -0.39 is 28.5 Å². The average Bonchev–Trinajstić information content (AvgIpc) is 3.47. The van der Waals surface area contributed by atoms with Crippen LogP contribution >= 0.6 is 0 Å². The van der Waals surface area contributed by atoms with Crippen LogP contribution in [0.25, 0.3) is 11.4 Å². The Morgan fingerprint density at radius 3 is 2.28 bits per heavy atom. The van der Waals surface area contributed by atoms with Crippen molar-refractivity contribution in [3.05, 3.63) is 86.0 Å². The molecule has 0 saturated heterocycles. The molecule has 8 nitrogen and oxygen atoms in total. The maximum Gasteiger partial charge on any atom is 0.471 e. The topological polar surface area (TPSA) is 97.6 Å². The van der Waals surface area contributed by atoms with Gasteiger partial charge in [0.05, 0.1) is 12.6 Å². The third-order valence-electron chi connectivity index (χ3n) is 6.32. The fourth-order valence-corrected chi connectivity index (χ4v) is 4.19. The number of hydrogen-bond acceptors (Lipinski definition) is 8. The molecule has 0 radical (unpaired) electrons. The van der Waals surface area contributed by atoms with Crippen molar-refractivity contribution in [3.63, 3.8) is 0 Å². The van der Waals surface area contributed by atoms with Gasteiger partial charge in [-0.1, -0.05) is 41.6 Å². The van der Waals surface area contributed by atoms with Crippen LogP contribution in [-0.2, 0) is 18.3 Å². The van der Waals surface area contributed by atoms with E-state index in [1.165, 1.54) is 0 Å². The number of benzene rings is 2. The van der Waals surface area contributed by atoms with E-state index in [-0.39, 0.29) is 5.82 Å². The van der Waals surface area contributed by atoms with Crippen molar-refractivity contribution >= 4 is 11.4 Å². The molecule has 1 fully saturated rings. The lowest BCUT2D eigenvalue weighted by atomic mass is 10.0. The summed E-state index contributed by atoms with van der Waals surface area (Å²) in [5.41, 5.74) is 1.22. The molecular weight excluding hydrogens is 477 g/mol. The monoisotopic (exact) mass is 498 g/mol. The Kier molecular flexibility index (Phi) is 5.57. The van der Waals surface area contributed by atoms with Crippen molar-refractivity contribution in [2.45, 2.75) is 31.1 Å². The molecule has 36 heavy (non-hydrogen) atoms. The summed E-state index contributed by atoms with van der Waals surface area (Å²) in [5.74, 6) is -0.857. The minimum absolute atomic E-state index is 0.176. The lowest BCUT2D eigenvalue weighted by Crippen LogP contribution is -2.42. The highest BCUT2D eigenvalue weighted by molar-refractivity contribution is 5.76. The molecule has 1 aliphatic rings. The smallest absolute Gasteiger partial charge is 0.471 e. The SMILES string of the molecule is COc1ccc(C2(Nc3c(N(C)Cc4ccc(-c5noc(C(F)(F)F)n5)cc4)c(=O)c3=O)CC2)cc1. The predicted octanol–water partition coefficient (Wildman–Crippen LogP) is 4.10. The van der Waals surface area contributed by atoms with Crippen LogP contribution in [0.5, 0.6) is 5.75 Å². The lowest BCUT2D eigenvalue weighted by Gasteiger charge is -2.27. The standard InChI is InChI=1S/C25H21F3N4O4/c1-32(13-14-3-5-15(6-4-14)22-29-23(36-31-22)25(26,27)28)19-18(20(33)21(19)34)30-24(11-12-24)16-7-9-17(35-2)10-8-16/h3-10,30H,11-13H2,1-2H3. The molecule has 186 valence electrons. The Morgan fingerprint density at radius 2 is 1.72 bits per heavy atom. The van der Waals surface area contributed by atoms with Crippen molar-refractivity contribution in [3.8, 4) is 17.1 Å². The highest BCUT2D eigenvalue weighted by Gasteiger charge is 2.46. The molecule has 1 saturated carbocycles. The average molecular weight is 498 g/mol. The van der Waals surface area contributed by atoms with Gasteiger partial charge in [-0.15, -0.1) is 0 Å². The van der Waals surface area contributed by atoms with Gasteiger partial charge in [0.15, 0.2) is 0 Å². The van der Waals surface area contributed by atoms with Crippen molar-refractivity contribution in [1.29, 1.82) is 0 Å². The van der Waals surface area contributed by atoms with Gasteiger partial charge in [-0.2, -0.15) is 18.2 Å². The number of nitrogens with zero attached hydrogens (tertiary/aromatic N) is 3. The number of methoxy groups -OCH3 is 1. The molecule has 5 rings (SSSR count). The van der Waals surface area contributed by atoms with Crippen LogP contribution in [0, 0.1) is 0 Å². The molecule has 1 aromatic heterocycles. The summed E-state index contributed by atoms with van der Waals surface area (Å²) in [7, 11) is 3.30. The summed E-state index contributed by atoms with van der Waals surface area (Å²) in [4.78, 5) is 29.9. The number of aromatic nitrogens is 2. The summed E-state index contributed by atoms with van der Waals surface area (Å²) in [6.45, 7) is 0.301. The molecule has 0 atom stereocenters. The van der Waals surface area contributed by atoms with Crippen LogP contribution in [0.1, 0.15) is 29.9 Å². The number of rotatable bonds is 8. The van der Waals surface area contributed by atoms with Gasteiger partial charge >= 0.3 is 12.1 Å². The van der Waals surface area contributed by atoms with Gasteiger partial charge in [0.25, 0.3) is 10.9 Å². The number of halogens is 3. The second kappa shape index (κ2) is 8.51. The molecule has 0 bridgehead atoms. The van der Waals surface area contributed by atoms with Crippen molar-refractivity contribution in [1.82, 2.24) is 10.1 Å². The van der Waals surface area contributed by atoms with Gasteiger partial charge < -0.3 is 19.5 Å². The third kappa shape index (κ3) is 4.21. The van der Waals surface area contributed by atoms with Crippen LogP contribution in [0.4, 0.5) is 24.5 Å². The number of alkyl halides is 3. The Balaban J connectivity index is 1.31. The molecule has 11 heteroatoms. The van der Waals surface area contributed by atoms with Crippen LogP contribution in [-0.4, -0.2) is 24.3 Å². The van der Waals surface area contributed by atoms with Crippen LogP contribution < -0.4 is 25.8 Å². The molecule has 3 aromatic carbocycles. The quantitative estimate of drug-likeness (QED) is 0.363. The normalized spacial score (nSPS) is 14.6. The van der Waals surface area contributed by atoms with E-state index in [0.29, 0.717) is 23.5 Å². The summed E-state index contributed by atoms with van der Waals surface area (Å²) < 4.78 is 47.6. The van der Waals surface area contributed by atoms with E-state index in [0.717, 1.165) is 29.7 Å². The summed E-state index contributed by atoms with van der Waals surface area (Å²) in [5, 5.41) is 6.68. The van der Waals surface area contributed by atoms with E-state index in [9.17, 15) is 22.8 Å². The van der Waals surface area contributed by atoms with E-state index in [1.807, 2.05) is 24.3 Å². The van der Waals surface area contributed by atoms with E-state index in [1.54, 1.807) is 43.3 Å². The zero-order valence-electron chi connectivity index (χ0n) is 19.3. The first kappa shape index (κ1) is 23.6. The minimum Gasteiger partial charge on any atom is -0.497 e. The Bertz CT molecular complexity index is 1470. The zero-order valence-corrected chi connectivity index (χ0v) is 19.3. The van der Waals surface area contributed by atoms with Crippen molar-refractivity contribution in [2.75, 3.05) is 24.4 Å². The summed E-state index contributed by atoms with van der Waals surface area (Å²) >= 11 is 0. The van der Waals surface area contributed by atoms with Gasteiger partial charge in [-0.05, 0) is 36.1 Å². The van der Waals surface area contributed by atoms with E-state index in [2.05, 4.69) is 20.0 Å². The molecule has 4 aromatic rings. The van der Waals surface area contributed by atoms with Crippen molar-refractivity contribution in [2.24, 2.45) is 0 Å². The number of ether oxygens (including phenoxy) is 1. The van der Waals surface area contributed by atoms with Gasteiger partial charge in [0.1, 0.15) is 17.1 Å². The molecule has 1 N–H and O–H groups in total. The minimum atomic E-state index is -4.72. The molecule has 0 amide bonds. The lowest BCUT2D eigenvalue weighted by molar-refractivity contribution is -0.159. The highest BCUT2D eigenvalue weighted by atomic mass is 19.4. The highest BCUT2D eigenvalue weighted by Crippen LogP contribution is 2.49. The summed E-state index contributed by atoms with van der Waals surface area (Å²) in [6.07, 6.45) is -3.06. The first-order valence-corrected chi connectivity index (χ1v) is 11.1. The van der Waals surface area contributed by atoms with Gasteiger partial charge in [0.2, 0.25) is 5.82 Å². The van der Waals surface area contributed by atoms with Crippen molar-refractivity contribution < 1.29 is 22.4 Å². The summed E-state index contributed by atoms with van der Waals surface area (Å²) in [6, 6.07) is 14.1. The largest absolute Gasteiger partial charge is 0.497 e. The second-order valence-corrected chi connectivity index (χ2v) is 8.79. The fraction of sp³-hybridized carbons (Fsp3) is 0.280. The second-order valence-electron chi connectivity index (χ2n) is 8.79. The van der Waals surface area contributed by atoms with Gasteiger partial charge in [-0.3, -0.25) is 9.59 Å². The van der Waals surface area contributed by atoms with Crippen LogP contribution in [0.15, 0.2) is 62.6 Å². The molecule has 1 heterocycles.